The zero-order valence-corrected chi connectivity index (χ0v) is 14.7. The number of carbonyl (C=O) groups excluding carboxylic acids is 1. The van der Waals surface area contributed by atoms with Crippen molar-refractivity contribution >= 4 is 31.9 Å². The van der Waals surface area contributed by atoms with Crippen LogP contribution in [0, 0.1) is 0 Å². The first-order valence-corrected chi connectivity index (χ1v) is 9.60. The molecule has 0 radical (unpaired) electrons. The SMILES string of the molecule is O=C(NS(=O)(=O)c1ccc(Br)cc1)C1(c2ccccc2)CCC1. The van der Waals surface area contributed by atoms with Crippen molar-refractivity contribution in [1.82, 2.24) is 4.72 Å². The van der Waals surface area contributed by atoms with Crippen LogP contribution in [0.15, 0.2) is 64.0 Å². The molecule has 1 amide bonds. The van der Waals surface area contributed by atoms with Crippen LogP contribution in [0.25, 0.3) is 0 Å². The van der Waals surface area contributed by atoms with Gasteiger partial charge in [-0.25, -0.2) is 13.1 Å². The van der Waals surface area contributed by atoms with Crippen molar-refractivity contribution in [2.24, 2.45) is 0 Å². The van der Waals surface area contributed by atoms with Gasteiger partial charge in [0.2, 0.25) is 5.91 Å². The number of hydrogen-bond acceptors (Lipinski definition) is 3. The lowest BCUT2D eigenvalue weighted by atomic mass is 9.64. The van der Waals surface area contributed by atoms with Crippen LogP contribution in [-0.4, -0.2) is 14.3 Å². The van der Waals surface area contributed by atoms with Crippen molar-refractivity contribution in [3.05, 3.63) is 64.6 Å². The van der Waals surface area contributed by atoms with E-state index in [1.807, 2.05) is 30.3 Å². The molecule has 0 aromatic heterocycles. The van der Waals surface area contributed by atoms with Gasteiger partial charge < -0.3 is 0 Å². The van der Waals surface area contributed by atoms with Gasteiger partial charge in [-0.1, -0.05) is 52.7 Å². The predicted molar refractivity (Wildman–Crippen MR) is 91.4 cm³/mol. The van der Waals surface area contributed by atoms with E-state index < -0.39 is 21.3 Å². The fraction of sp³-hybridized carbons (Fsp3) is 0.235. The standard InChI is InChI=1S/C17H16BrNO3S/c18-14-7-9-15(10-8-14)23(21,22)19-16(20)17(11-4-12-17)13-5-2-1-3-6-13/h1-3,5-10H,4,11-12H2,(H,19,20). The Labute approximate surface area is 144 Å². The minimum Gasteiger partial charge on any atom is -0.273 e. The third kappa shape index (κ3) is 3.05. The molecule has 0 unspecified atom stereocenters. The predicted octanol–water partition coefficient (Wildman–Crippen LogP) is 3.38. The van der Waals surface area contributed by atoms with E-state index in [1.165, 1.54) is 12.1 Å². The quantitative estimate of drug-likeness (QED) is 0.865. The van der Waals surface area contributed by atoms with Gasteiger partial charge in [0.15, 0.2) is 0 Å². The Bertz CT molecular complexity index is 813. The number of nitrogens with one attached hydrogen (secondary N) is 1. The Morgan fingerprint density at radius 2 is 1.61 bits per heavy atom. The molecule has 1 fully saturated rings. The summed E-state index contributed by atoms with van der Waals surface area (Å²) in [6, 6.07) is 15.6. The van der Waals surface area contributed by atoms with E-state index in [1.54, 1.807) is 12.1 Å². The Morgan fingerprint density at radius 3 is 2.13 bits per heavy atom. The van der Waals surface area contributed by atoms with Crippen LogP contribution in [0.3, 0.4) is 0 Å². The van der Waals surface area contributed by atoms with Crippen molar-refractivity contribution in [2.45, 2.75) is 29.6 Å². The Balaban J connectivity index is 1.87. The first-order chi connectivity index (χ1) is 10.9. The largest absolute Gasteiger partial charge is 0.273 e. The van der Waals surface area contributed by atoms with E-state index >= 15 is 0 Å². The average molecular weight is 394 g/mol. The molecular formula is C17H16BrNO3S. The number of benzene rings is 2. The van der Waals surface area contributed by atoms with Crippen molar-refractivity contribution in [3.8, 4) is 0 Å². The highest BCUT2D eigenvalue weighted by molar-refractivity contribution is 9.10. The summed E-state index contributed by atoms with van der Waals surface area (Å²) in [6.07, 6.45) is 2.25. The molecule has 1 aliphatic rings. The van der Waals surface area contributed by atoms with Crippen LogP contribution < -0.4 is 4.72 Å². The zero-order chi connectivity index (χ0) is 16.5. The van der Waals surface area contributed by atoms with Crippen LogP contribution in [0.5, 0.6) is 0 Å². The van der Waals surface area contributed by atoms with Gasteiger partial charge in [0.1, 0.15) is 0 Å². The molecule has 0 bridgehead atoms. The Kier molecular flexibility index (Phi) is 4.29. The molecule has 120 valence electrons. The highest BCUT2D eigenvalue weighted by Crippen LogP contribution is 2.44. The monoisotopic (exact) mass is 393 g/mol. The highest BCUT2D eigenvalue weighted by Gasteiger charge is 2.46. The third-order valence-corrected chi connectivity index (χ3v) is 6.19. The third-order valence-electron chi connectivity index (χ3n) is 4.32. The number of carbonyl (C=O) groups is 1. The molecule has 0 spiro atoms. The van der Waals surface area contributed by atoms with Crippen LogP contribution in [-0.2, 0) is 20.2 Å². The summed E-state index contributed by atoms with van der Waals surface area (Å²) in [5, 5.41) is 0. The van der Waals surface area contributed by atoms with Gasteiger partial charge in [-0.3, -0.25) is 4.79 Å². The van der Waals surface area contributed by atoms with Gasteiger partial charge in [-0.2, -0.15) is 0 Å². The van der Waals surface area contributed by atoms with Crippen LogP contribution >= 0.6 is 15.9 Å². The smallest absolute Gasteiger partial charge is 0.264 e. The summed E-state index contributed by atoms with van der Waals surface area (Å²) in [5.74, 6) is -0.446. The van der Waals surface area contributed by atoms with Crippen LogP contribution in [0.4, 0.5) is 0 Å². The Hall–Kier alpha value is -1.66. The van der Waals surface area contributed by atoms with E-state index in [0.29, 0.717) is 12.8 Å². The van der Waals surface area contributed by atoms with Crippen molar-refractivity contribution in [2.75, 3.05) is 0 Å². The van der Waals surface area contributed by atoms with Crippen LogP contribution in [0.2, 0.25) is 0 Å². The average Bonchev–Trinajstić information content (AvgIpc) is 2.47. The number of sulfonamides is 1. The second-order valence-corrected chi connectivity index (χ2v) is 8.29. The Morgan fingerprint density at radius 1 is 1.00 bits per heavy atom. The second-order valence-electron chi connectivity index (χ2n) is 5.69. The molecule has 1 saturated carbocycles. The van der Waals surface area contributed by atoms with E-state index in [9.17, 15) is 13.2 Å². The number of amides is 1. The molecular weight excluding hydrogens is 378 g/mol. The maximum atomic E-state index is 12.7. The summed E-state index contributed by atoms with van der Waals surface area (Å²) in [5.41, 5.74) is 0.138. The molecule has 0 saturated heterocycles. The van der Waals surface area contributed by atoms with Gasteiger partial charge >= 0.3 is 0 Å². The highest BCUT2D eigenvalue weighted by atomic mass is 79.9. The van der Waals surface area contributed by atoms with Gasteiger partial charge in [0.05, 0.1) is 10.3 Å². The van der Waals surface area contributed by atoms with Gasteiger partial charge in [-0.05, 0) is 42.7 Å². The lowest BCUT2D eigenvalue weighted by Gasteiger charge is -2.40. The molecule has 2 aromatic carbocycles. The summed E-state index contributed by atoms with van der Waals surface area (Å²) in [4.78, 5) is 12.8. The molecule has 4 nitrogen and oxygen atoms in total. The molecule has 0 heterocycles. The van der Waals surface area contributed by atoms with Crippen molar-refractivity contribution in [3.63, 3.8) is 0 Å². The van der Waals surface area contributed by atoms with Gasteiger partial charge in [0.25, 0.3) is 10.0 Å². The maximum absolute atomic E-state index is 12.7. The molecule has 0 aliphatic heterocycles. The number of rotatable bonds is 4. The molecule has 0 atom stereocenters. The first-order valence-electron chi connectivity index (χ1n) is 7.32. The fourth-order valence-electron chi connectivity index (χ4n) is 2.83. The van der Waals surface area contributed by atoms with E-state index in [2.05, 4.69) is 20.7 Å². The fourth-order valence-corrected chi connectivity index (χ4v) is 4.14. The summed E-state index contributed by atoms with van der Waals surface area (Å²) in [7, 11) is -3.86. The molecule has 2 aromatic rings. The second kappa shape index (κ2) is 6.09. The zero-order valence-electron chi connectivity index (χ0n) is 12.3. The molecule has 1 N–H and O–H groups in total. The minimum atomic E-state index is -3.86. The normalized spacial score (nSPS) is 16.4. The minimum absolute atomic E-state index is 0.0802. The summed E-state index contributed by atoms with van der Waals surface area (Å²) < 4.78 is 27.9. The first kappa shape index (κ1) is 16.2. The lowest BCUT2D eigenvalue weighted by Crippen LogP contribution is -2.50. The molecule has 23 heavy (non-hydrogen) atoms. The topological polar surface area (TPSA) is 63.2 Å². The molecule has 1 aliphatic carbocycles. The van der Waals surface area contributed by atoms with Crippen molar-refractivity contribution in [1.29, 1.82) is 0 Å². The van der Waals surface area contributed by atoms with Crippen LogP contribution in [0.1, 0.15) is 24.8 Å². The van der Waals surface area contributed by atoms with E-state index in [4.69, 9.17) is 0 Å². The number of halogens is 1. The van der Waals surface area contributed by atoms with Gasteiger partial charge in [0, 0.05) is 4.47 Å². The van der Waals surface area contributed by atoms with Gasteiger partial charge in [-0.15, -0.1) is 0 Å². The molecule has 6 heteroatoms. The summed E-state index contributed by atoms with van der Waals surface area (Å²) >= 11 is 3.26. The van der Waals surface area contributed by atoms with E-state index in [0.717, 1.165) is 16.5 Å². The maximum Gasteiger partial charge on any atom is 0.264 e. The van der Waals surface area contributed by atoms with Crippen molar-refractivity contribution < 1.29 is 13.2 Å². The van der Waals surface area contributed by atoms with E-state index in [-0.39, 0.29) is 4.90 Å². The molecule has 3 rings (SSSR count). The lowest BCUT2D eigenvalue weighted by molar-refractivity contribution is -0.128. The summed E-state index contributed by atoms with van der Waals surface area (Å²) in [6.45, 7) is 0. The number of hydrogen-bond donors (Lipinski definition) is 1.